The van der Waals surface area contributed by atoms with Gasteiger partial charge in [0.2, 0.25) is 7.92 Å². The summed E-state index contributed by atoms with van der Waals surface area (Å²) in [4.78, 5) is 0. The maximum Gasteiger partial charge on any atom is 0.494 e. The van der Waals surface area contributed by atoms with Gasteiger partial charge in [-0.2, -0.15) is 43.9 Å². The van der Waals surface area contributed by atoms with Crippen molar-refractivity contribution in [3.63, 3.8) is 0 Å². The van der Waals surface area contributed by atoms with E-state index in [9.17, 15) is 70.2 Å². The molecule has 4 atom stereocenters. The number of halogens is 32. The summed E-state index contributed by atoms with van der Waals surface area (Å²) in [5.41, 5.74) is -28.6. The third-order valence-electron chi connectivity index (χ3n) is 13.8. The number of benzene rings is 5. The topological polar surface area (TPSA) is 0 Å². The molecule has 5 aromatic carbocycles. The summed E-state index contributed by atoms with van der Waals surface area (Å²) >= 11 is 0. The van der Waals surface area contributed by atoms with Crippen LogP contribution in [0.5, 0.6) is 0 Å². The van der Waals surface area contributed by atoms with Gasteiger partial charge >= 0.3 is 23.7 Å². The van der Waals surface area contributed by atoms with Crippen LogP contribution in [0.1, 0.15) is 67.8 Å². The first-order valence-corrected chi connectivity index (χ1v) is 22.5. The zero-order chi connectivity index (χ0) is 60.2. The predicted octanol–water partition coefficient (Wildman–Crippen LogP) is 18.0. The fourth-order valence-electron chi connectivity index (χ4n) is 10.8. The molecule has 0 saturated carbocycles. The summed E-state index contributed by atoms with van der Waals surface area (Å²) in [5, 5.41) is -2.22. The van der Waals surface area contributed by atoms with Gasteiger partial charge in [0.05, 0.1) is 28.4 Å². The van der Waals surface area contributed by atoms with E-state index in [0.29, 0.717) is 0 Å². The minimum absolute atomic E-state index is 0.00197. The van der Waals surface area contributed by atoms with Crippen LogP contribution in [-0.4, -0.2) is 29.8 Å². The molecule has 5 aromatic rings. The van der Waals surface area contributed by atoms with Crippen LogP contribution in [0.4, 0.5) is 140 Å². The van der Waals surface area contributed by atoms with E-state index in [4.69, 9.17) is 0 Å². The monoisotopic (exact) mass is 1210 g/mol. The molecule has 0 bridgehead atoms. The Hall–Kier alpha value is -6.69. The molecule has 0 fully saturated rings. The summed E-state index contributed by atoms with van der Waals surface area (Å²) in [6.07, 6.45) is -19.4. The van der Waals surface area contributed by atoms with Gasteiger partial charge in [0, 0.05) is 6.07 Å². The van der Waals surface area contributed by atoms with Crippen LogP contribution < -0.4 is 5.30 Å². The average molecular weight is 1210 g/mol. The minimum Gasteiger partial charge on any atom is -0.212 e. The molecule has 4 unspecified atom stereocenters. The highest BCUT2D eigenvalue weighted by atomic mass is 31.1. The fraction of sp³-hybridized carbons (Fsp3) is 0.174. The van der Waals surface area contributed by atoms with Crippen LogP contribution in [-0.2, 0) is 0 Å². The van der Waals surface area contributed by atoms with Crippen molar-refractivity contribution in [2.45, 2.75) is 46.9 Å². The smallest absolute Gasteiger partial charge is 0.212 e. The highest BCUT2D eigenvalue weighted by Crippen LogP contribution is 2.73. The van der Waals surface area contributed by atoms with Crippen molar-refractivity contribution in [1.29, 1.82) is 0 Å². The highest BCUT2D eigenvalue weighted by molar-refractivity contribution is 7.68. The molecule has 0 aliphatic heterocycles. The van der Waals surface area contributed by atoms with Crippen molar-refractivity contribution < 1.29 is 140 Å². The van der Waals surface area contributed by atoms with Crippen LogP contribution in [0.2, 0.25) is 0 Å². The number of allylic oxidation sites excluding steroid dienone is 4. The summed E-state index contributed by atoms with van der Waals surface area (Å²) in [6.45, 7) is 0. The Kier molecular flexibility index (Phi) is 14.3. The van der Waals surface area contributed by atoms with Gasteiger partial charge in [-0.05, 0) is 36.4 Å². The molecule has 9 rings (SSSR count). The molecule has 4 aliphatic rings. The van der Waals surface area contributed by atoms with Gasteiger partial charge in [-0.3, -0.25) is 0 Å². The second-order valence-corrected chi connectivity index (χ2v) is 20.2. The van der Waals surface area contributed by atoms with E-state index in [1.807, 2.05) is 0 Å². The summed E-state index contributed by atoms with van der Waals surface area (Å²) in [6, 6.07) is -2.14. The van der Waals surface area contributed by atoms with Gasteiger partial charge in [0.1, 0.15) is 34.4 Å². The number of rotatable bonds is 7. The van der Waals surface area contributed by atoms with Crippen LogP contribution in [0, 0.1) is 81.4 Å². The van der Waals surface area contributed by atoms with E-state index in [2.05, 4.69) is 0 Å². The van der Waals surface area contributed by atoms with Crippen molar-refractivity contribution in [2.75, 3.05) is 0 Å². The summed E-state index contributed by atoms with van der Waals surface area (Å²) in [7, 11) is -6.29. The molecule has 0 saturated heterocycles. The first kappa shape index (κ1) is 59.4. The molecular formula is C46H12BF32P. The van der Waals surface area contributed by atoms with E-state index >= 15 is 70.2 Å². The normalized spacial score (nSPS) is 20.0. The van der Waals surface area contributed by atoms with E-state index in [-0.39, 0.29) is 42.5 Å². The van der Waals surface area contributed by atoms with Crippen LogP contribution >= 0.6 is 7.92 Å². The number of fused-ring (bicyclic) bond motifs is 4. The zero-order valence-electron chi connectivity index (χ0n) is 37.0. The van der Waals surface area contributed by atoms with E-state index in [1.54, 1.807) is 0 Å². The Morgan fingerprint density at radius 3 is 0.750 bits per heavy atom. The first-order chi connectivity index (χ1) is 36.7. The molecule has 0 heterocycles. The van der Waals surface area contributed by atoms with Crippen LogP contribution in [0.25, 0.3) is 23.3 Å². The van der Waals surface area contributed by atoms with Gasteiger partial charge in [-0.25, -0.2) is 96.6 Å². The molecule has 0 N–H and O–H groups in total. The molecule has 80 heavy (non-hydrogen) atoms. The van der Waals surface area contributed by atoms with Gasteiger partial charge < -0.3 is 0 Å². The predicted molar refractivity (Wildman–Crippen MR) is 215 cm³/mol. The summed E-state index contributed by atoms with van der Waals surface area (Å²) in [5.74, 6) is -71.8. The molecule has 428 valence electrons. The lowest BCUT2D eigenvalue weighted by molar-refractivity contribution is -0.261. The Balaban J connectivity index is 0.000000308. The lowest BCUT2D eigenvalue weighted by Gasteiger charge is -2.57. The van der Waals surface area contributed by atoms with Gasteiger partial charge in [0.25, 0.3) is 0 Å². The standard InChI is InChI=1S/C36H8BF20.C10H3F12P/c38-9-1-5-13(25(46)21(9)42)29(50)33(54)17(5)37(18-6-2-10(39)22(43)26(47)14(6)30(51)34(18)55,19-7-3-11(40)23(44)27(48)15(7)31(52)35(19)56)20-8-4-12(41)24(45)28(49)16(8)32(53)36(20)57;11-4-1-2-6(5(12)3-4)23(9(19,20)7(13,14)15)10(21,22)8(16,17)18/h1-4,17-20H;1-3H/q-1;/p+1. The van der Waals surface area contributed by atoms with Gasteiger partial charge in [-0.1, -0.05) is 45.5 Å². The van der Waals surface area contributed by atoms with Gasteiger partial charge in [-0.15, -0.1) is 0 Å². The lowest BCUT2D eigenvalue weighted by Crippen LogP contribution is -2.58. The largest absolute Gasteiger partial charge is 0.494 e. The molecule has 0 nitrogen and oxygen atoms in total. The van der Waals surface area contributed by atoms with Crippen molar-refractivity contribution in [2.24, 2.45) is 0 Å². The van der Waals surface area contributed by atoms with Gasteiger partial charge in [0.15, 0.2) is 98.9 Å². The molecule has 0 spiro atoms. The Morgan fingerprint density at radius 1 is 0.300 bits per heavy atom. The highest BCUT2D eigenvalue weighted by Gasteiger charge is 2.83. The summed E-state index contributed by atoms with van der Waals surface area (Å²) < 4.78 is 464. The molecule has 0 radical (unpaired) electrons. The Labute approximate surface area is 421 Å². The molecule has 34 heteroatoms. The zero-order valence-corrected chi connectivity index (χ0v) is 38.0. The number of hydrogen-bond donors (Lipinski definition) is 0. The van der Waals surface area contributed by atoms with E-state index in [1.165, 1.54) is 0 Å². The van der Waals surface area contributed by atoms with Crippen molar-refractivity contribution in [3.05, 3.63) is 192 Å². The third kappa shape index (κ3) is 8.13. The van der Waals surface area contributed by atoms with Crippen molar-refractivity contribution in [3.8, 4) is 0 Å². The fourth-order valence-corrected chi connectivity index (χ4v) is 13.0. The number of alkyl halides is 10. The molecule has 4 aliphatic carbocycles. The van der Waals surface area contributed by atoms with Crippen LogP contribution in [0.15, 0.2) is 65.8 Å². The van der Waals surface area contributed by atoms with Crippen LogP contribution in [0.3, 0.4) is 0 Å². The molecular weight excluding hydrogens is 1200 g/mol. The van der Waals surface area contributed by atoms with Crippen molar-refractivity contribution >= 4 is 42.7 Å². The molecule has 0 aromatic heterocycles. The molecule has 0 amide bonds. The lowest BCUT2D eigenvalue weighted by atomic mass is 9.02. The maximum absolute atomic E-state index is 16.9. The first-order valence-electron chi connectivity index (χ1n) is 21.0. The number of hydrogen-bond acceptors (Lipinski definition) is 0. The van der Waals surface area contributed by atoms with Crippen molar-refractivity contribution in [1.82, 2.24) is 0 Å². The third-order valence-corrected chi connectivity index (χ3v) is 16.5. The quantitative estimate of drug-likeness (QED) is 0.0659. The second kappa shape index (κ2) is 19.2. The maximum atomic E-state index is 16.9. The minimum atomic E-state index is -6.79. The average Bonchev–Trinajstić information content (AvgIpc) is 4.07. The SMILES string of the molecule is FC1=C(F)C([B-](C2C(F)=C(F)c3c2cc(F)c(F)c3F)(C2C(F)=C(F)c3c2cc(F)c(F)c3F)C2C(F)=C(F)c3c2cc(F)c(F)c3F)c2cc(F)c(F)c(F)c21.Fc1ccc([PH+](C(F)(F)C(F)(F)F)C(F)(F)C(F)(F)F)c(F)c1. The Morgan fingerprint density at radius 2 is 0.537 bits per heavy atom. The van der Waals surface area contributed by atoms with E-state index in [0.717, 1.165) is 0 Å². The Bertz CT molecular complexity index is 3260. The van der Waals surface area contributed by atoms with E-state index < -0.39 is 239 Å². The second-order valence-electron chi connectivity index (χ2n) is 17.7.